The van der Waals surface area contributed by atoms with E-state index in [1.54, 1.807) is 0 Å². The molecule has 1 unspecified atom stereocenters. The Morgan fingerprint density at radius 2 is 2.28 bits per heavy atom. The Bertz CT molecular complexity index is 393. The van der Waals surface area contributed by atoms with Gasteiger partial charge in [0.25, 0.3) is 0 Å². The molecule has 4 nitrogen and oxygen atoms in total. The van der Waals surface area contributed by atoms with Gasteiger partial charge in [-0.3, -0.25) is 9.48 Å². The van der Waals surface area contributed by atoms with E-state index in [1.807, 2.05) is 23.9 Å². The molecular formula is C14H23N3O. The highest BCUT2D eigenvalue weighted by Gasteiger charge is 2.19. The molecule has 0 aromatic carbocycles. The smallest absolute Gasteiger partial charge is 0.141 e. The van der Waals surface area contributed by atoms with Gasteiger partial charge >= 0.3 is 0 Å². The summed E-state index contributed by atoms with van der Waals surface area (Å²) in [5.74, 6) is 0.295. The normalized spacial score (nSPS) is 18.1. The van der Waals surface area contributed by atoms with Crippen molar-refractivity contribution in [3.63, 3.8) is 0 Å². The minimum atomic E-state index is 0.0478. The highest BCUT2D eigenvalue weighted by molar-refractivity contribution is 5.82. The average molecular weight is 249 g/mol. The van der Waals surface area contributed by atoms with Crippen molar-refractivity contribution < 1.29 is 4.79 Å². The second kappa shape index (κ2) is 6.14. The van der Waals surface area contributed by atoms with Crippen molar-refractivity contribution in [2.24, 2.45) is 11.7 Å². The number of nitrogens with two attached hydrogens (primary N) is 1. The third kappa shape index (κ3) is 3.19. The van der Waals surface area contributed by atoms with Crippen LogP contribution < -0.4 is 5.73 Å². The molecule has 2 N–H and O–H groups in total. The van der Waals surface area contributed by atoms with Gasteiger partial charge in [0.1, 0.15) is 5.78 Å². The zero-order valence-electron chi connectivity index (χ0n) is 11.1. The highest BCUT2D eigenvalue weighted by Crippen LogP contribution is 2.28. The third-order valence-electron chi connectivity index (χ3n) is 3.87. The molecule has 1 heterocycles. The molecule has 2 rings (SSSR count). The maximum absolute atomic E-state index is 11.9. The van der Waals surface area contributed by atoms with E-state index in [9.17, 15) is 4.79 Å². The summed E-state index contributed by atoms with van der Waals surface area (Å²) in [5, 5.41) is 4.54. The molecule has 18 heavy (non-hydrogen) atoms. The largest absolute Gasteiger partial charge is 0.330 e. The second-order valence-corrected chi connectivity index (χ2v) is 5.35. The Labute approximate surface area is 109 Å². The van der Waals surface area contributed by atoms with Crippen molar-refractivity contribution in [1.29, 1.82) is 0 Å². The fraction of sp³-hybridized carbons (Fsp3) is 0.714. The van der Waals surface area contributed by atoms with Crippen LogP contribution in [0.25, 0.3) is 0 Å². The zero-order chi connectivity index (χ0) is 13.0. The topological polar surface area (TPSA) is 60.9 Å². The molecular weight excluding hydrogens is 226 g/mol. The molecule has 4 heteroatoms. The number of nitrogens with zero attached hydrogens (tertiary/aromatic N) is 2. The summed E-state index contributed by atoms with van der Waals surface area (Å²) in [5.41, 5.74) is 6.37. The molecule has 1 aliphatic carbocycles. The standard InChI is InChI=1S/C14H23N3O/c1-11(6-8-15)14(18)10-12-7-9-17(16-12)13-4-2-3-5-13/h7,9,11,13H,2-6,8,10,15H2,1H3. The van der Waals surface area contributed by atoms with Crippen molar-refractivity contribution in [1.82, 2.24) is 9.78 Å². The molecule has 0 spiro atoms. The van der Waals surface area contributed by atoms with Crippen molar-refractivity contribution in [3.8, 4) is 0 Å². The van der Waals surface area contributed by atoms with Crippen LogP contribution in [0.4, 0.5) is 0 Å². The van der Waals surface area contributed by atoms with Crippen LogP contribution in [0.5, 0.6) is 0 Å². The molecule has 0 amide bonds. The predicted molar refractivity (Wildman–Crippen MR) is 71.3 cm³/mol. The summed E-state index contributed by atoms with van der Waals surface area (Å²) in [6, 6.07) is 2.53. The third-order valence-corrected chi connectivity index (χ3v) is 3.87. The monoisotopic (exact) mass is 249 g/mol. The van der Waals surface area contributed by atoms with E-state index in [1.165, 1.54) is 25.7 Å². The maximum Gasteiger partial charge on any atom is 0.141 e. The van der Waals surface area contributed by atoms with Crippen LogP contribution in [0.1, 0.15) is 50.8 Å². The van der Waals surface area contributed by atoms with Gasteiger partial charge < -0.3 is 5.73 Å². The van der Waals surface area contributed by atoms with Crippen molar-refractivity contribution in [2.45, 2.75) is 51.5 Å². The summed E-state index contributed by atoms with van der Waals surface area (Å²) in [7, 11) is 0. The van der Waals surface area contributed by atoms with Gasteiger partial charge in [0.15, 0.2) is 0 Å². The first-order valence-electron chi connectivity index (χ1n) is 6.97. The summed E-state index contributed by atoms with van der Waals surface area (Å²) >= 11 is 0. The highest BCUT2D eigenvalue weighted by atomic mass is 16.1. The Balaban J connectivity index is 1.91. The van der Waals surface area contributed by atoms with Gasteiger partial charge in [0.05, 0.1) is 18.2 Å². The van der Waals surface area contributed by atoms with E-state index >= 15 is 0 Å². The van der Waals surface area contributed by atoms with Crippen LogP contribution in [-0.4, -0.2) is 22.1 Å². The van der Waals surface area contributed by atoms with Gasteiger partial charge in [0.2, 0.25) is 0 Å². The molecule has 0 radical (unpaired) electrons. The predicted octanol–water partition coefficient (Wildman–Crippen LogP) is 2.09. The lowest BCUT2D eigenvalue weighted by atomic mass is 9.99. The maximum atomic E-state index is 11.9. The number of carbonyl (C=O) groups excluding carboxylic acids is 1. The molecule has 1 atom stereocenters. The Morgan fingerprint density at radius 1 is 1.56 bits per heavy atom. The Hall–Kier alpha value is -1.16. The minimum absolute atomic E-state index is 0.0478. The summed E-state index contributed by atoms with van der Waals surface area (Å²) in [4.78, 5) is 11.9. The van der Waals surface area contributed by atoms with Crippen molar-refractivity contribution in [3.05, 3.63) is 18.0 Å². The first-order valence-corrected chi connectivity index (χ1v) is 6.97. The summed E-state index contributed by atoms with van der Waals surface area (Å²) in [6.45, 7) is 2.52. The quantitative estimate of drug-likeness (QED) is 0.839. The molecule has 1 aromatic rings. The number of carbonyl (C=O) groups is 1. The number of Topliss-reactive ketones (excluding diaryl/α,β-unsaturated/α-hetero) is 1. The Morgan fingerprint density at radius 3 is 2.94 bits per heavy atom. The number of ketones is 1. The minimum Gasteiger partial charge on any atom is -0.330 e. The van der Waals surface area contributed by atoms with Crippen LogP contribution in [0.2, 0.25) is 0 Å². The van der Waals surface area contributed by atoms with Gasteiger partial charge in [-0.1, -0.05) is 19.8 Å². The number of rotatable bonds is 6. The van der Waals surface area contributed by atoms with E-state index in [0.717, 1.165) is 12.1 Å². The van der Waals surface area contributed by atoms with Gasteiger partial charge in [-0.05, 0) is 31.9 Å². The van der Waals surface area contributed by atoms with Crippen LogP contribution in [0.3, 0.4) is 0 Å². The van der Waals surface area contributed by atoms with E-state index in [2.05, 4.69) is 5.10 Å². The van der Waals surface area contributed by atoms with Gasteiger partial charge in [-0.25, -0.2) is 0 Å². The molecule has 1 aliphatic rings. The molecule has 1 saturated carbocycles. The molecule has 1 fully saturated rings. The lowest BCUT2D eigenvalue weighted by Gasteiger charge is -2.09. The molecule has 0 saturated heterocycles. The van der Waals surface area contributed by atoms with E-state index in [-0.39, 0.29) is 11.7 Å². The van der Waals surface area contributed by atoms with E-state index in [0.29, 0.717) is 19.0 Å². The van der Waals surface area contributed by atoms with Crippen LogP contribution in [0.15, 0.2) is 12.3 Å². The van der Waals surface area contributed by atoms with Crippen LogP contribution >= 0.6 is 0 Å². The molecule has 1 aromatic heterocycles. The summed E-state index contributed by atoms with van der Waals surface area (Å²) < 4.78 is 2.04. The average Bonchev–Trinajstić information content (AvgIpc) is 2.98. The van der Waals surface area contributed by atoms with E-state index < -0.39 is 0 Å². The van der Waals surface area contributed by atoms with Crippen molar-refractivity contribution in [2.75, 3.05) is 6.54 Å². The fourth-order valence-corrected chi connectivity index (χ4v) is 2.61. The van der Waals surface area contributed by atoms with Gasteiger partial charge in [-0.2, -0.15) is 5.10 Å². The van der Waals surface area contributed by atoms with E-state index in [4.69, 9.17) is 5.73 Å². The number of aromatic nitrogens is 2. The van der Waals surface area contributed by atoms with Crippen LogP contribution in [0, 0.1) is 5.92 Å². The SMILES string of the molecule is CC(CCN)C(=O)Cc1ccn(C2CCCC2)n1. The first-order chi connectivity index (χ1) is 8.70. The number of hydrogen-bond donors (Lipinski definition) is 1. The lowest BCUT2D eigenvalue weighted by Crippen LogP contribution is -2.18. The molecule has 100 valence electrons. The molecule has 0 aliphatic heterocycles. The van der Waals surface area contributed by atoms with Gasteiger partial charge in [-0.15, -0.1) is 0 Å². The zero-order valence-corrected chi connectivity index (χ0v) is 11.1. The van der Waals surface area contributed by atoms with Crippen molar-refractivity contribution >= 4 is 5.78 Å². The number of hydrogen-bond acceptors (Lipinski definition) is 3. The second-order valence-electron chi connectivity index (χ2n) is 5.35. The Kier molecular flexibility index (Phi) is 4.53. The summed E-state index contributed by atoms with van der Waals surface area (Å²) in [6.07, 6.45) is 8.27. The fourth-order valence-electron chi connectivity index (χ4n) is 2.61. The lowest BCUT2D eigenvalue weighted by molar-refractivity contribution is -0.121. The van der Waals surface area contributed by atoms with Gasteiger partial charge in [0, 0.05) is 12.1 Å². The first kappa shape index (κ1) is 13.3. The molecule has 0 bridgehead atoms. The van der Waals surface area contributed by atoms with Crippen LogP contribution in [-0.2, 0) is 11.2 Å².